The second kappa shape index (κ2) is 4.85. The van der Waals surface area contributed by atoms with E-state index in [1.54, 1.807) is 0 Å². The summed E-state index contributed by atoms with van der Waals surface area (Å²) < 4.78 is 0. The van der Waals surface area contributed by atoms with E-state index in [1.165, 1.54) is 47.9 Å². The topological polar surface area (TPSA) is 0 Å². The molecule has 0 aliphatic heterocycles. The van der Waals surface area contributed by atoms with Crippen molar-refractivity contribution in [3.05, 3.63) is 59.7 Å². The molecule has 0 N–H and O–H groups in total. The highest BCUT2D eigenvalue weighted by Gasteiger charge is 2.37. The highest BCUT2D eigenvalue weighted by Crippen LogP contribution is 2.50. The van der Waals surface area contributed by atoms with E-state index in [9.17, 15) is 0 Å². The predicted molar refractivity (Wildman–Crippen MR) is 82.5 cm³/mol. The quantitative estimate of drug-likeness (QED) is 0.624. The highest BCUT2D eigenvalue weighted by molar-refractivity contribution is 5.80. The van der Waals surface area contributed by atoms with Gasteiger partial charge in [-0.2, -0.15) is 0 Å². The van der Waals surface area contributed by atoms with Crippen LogP contribution in [0, 0.1) is 0 Å². The molecule has 0 radical (unpaired) electrons. The number of benzene rings is 2. The van der Waals surface area contributed by atoms with Crippen molar-refractivity contribution in [3.8, 4) is 11.1 Å². The van der Waals surface area contributed by atoms with Gasteiger partial charge in [0.25, 0.3) is 0 Å². The van der Waals surface area contributed by atoms with Crippen LogP contribution in [-0.2, 0) is 5.41 Å². The van der Waals surface area contributed by atoms with Crippen LogP contribution in [0.5, 0.6) is 0 Å². The van der Waals surface area contributed by atoms with E-state index in [-0.39, 0.29) is 5.41 Å². The minimum Gasteiger partial charge on any atom is -0.0654 e. The van der Waals surface area contributed by atoms with Crippen LogP contribution in [0.15, 0.2) is 48.5 Å². The fourth-order valence-corrected chi connectivity index (χ4v) is 3.54. The van der Waals surface area contributed by atoms with Gasteiger partial charge in [-0.25, -0.2) is 0 Å². The van der Waals surface area contributed by atoms with Gasteiger partial charge < -0.3 is 0 Å². The maximum absolute atomic E-state index is 2.42. The molecule has 0 atom stereocenters. The first-order chi connectivity index (χ1) is 9.27. The highest BCUT2D eigenvalue weighted by atomic mass is 14.4. The van der Waals surface area contributed by atoms with Gasteiger partial charge in [0.1, 0.15) is 0 Å². The first-order valence-electron chi connectivity index (χ1n) is 7.47. The molecule has 0 heterocycles. The van der Waals surface area contributed by atoms with Gasteiger partial charge in [0.05, 0.1) is 0 Å². The van der Waals surface area contributed by atoms with Crippen molar-refractivity contribution < 1.29 is 0 Å². The van der Waals surface area contributed by atoms with Crippen molar-refractivity contribution in [1.29, 1.82) is 0 Å². The molecule has 0 saturated carbocycles. The Morgan fingerprint density at radius 1 is 0.789 bits per heavy atom. The average Bonchev–Trinajstić information content (AvgIpc) is 2.71. The summed E-state index contributed by atoms with van der Waals surface area (Å²) in [5.74, 6) is 0. The van der Waals surface area contributed by atoms with Gasteiger partial charge in [-0.1, -0.05) is 81.6 Å². The Labute approximate surface area is 116 Å². The predicted octanol–water partition coefficient (Wildman–Crippen LogP) is 5.55. The van der Waals surface area contributed by atoms with Crippen molar-refractivity contribution in [3.63, 3.8) is 0 Å². The monoisotopic (exact) mass is 250 g/mol. The second-order valence-electron chi connectivity index (χ2n) is 5.88. The van der Waals surface area contributed by atoms with Gasteiger partial charge >= 0.3 is 0 Å². The maximum atomic E-state index is 2.42. The first kappa shape index (κ1) is 12.5. The lowest BCUT2D eigenvalue weighted by Crippen LogP contribution is -2.20. The summed E-state index contributed by atoms with van der Waals surface area (Å²) >= 11 is 0. The summed E-state index contributed by atoms with van der Waals surface area (Å²) in [6.07, 6.45) is 5.20. The standard InChI is InChI=1S/C19H22/c1-3-4-9-14-19(2)17-12-7-5-10-15(17)16-11-6-8-13-18(16)19/h5-8,10-13H,3-4,9,14H2,1-2H3. The lowest BCUT2D eigenvalue weighted by Gasteiger charge is -2.27. The minimum atomic E-state index is 0.211. The van der Waals surface area contributed by atoms with Gasteiger partial charge in [0, 0.05) is 5.41 Å². The van der Waals surface area contributed by atoms with E-state index in [2.05, 4.69) is 62.4 Å². The molecule has 0 bridgehead atoms. The Hall–Kier alpha value is -1.56. The van der Waals surface area contributed by atoms with Crippen LogP contribution in [0.4, 0.5) is 0 Å². The average molecular weight is 250 g/mol. The molecule has 2 aromatic carbocycles. The molecule has 0 fully saturated rings. The Bertz CT molecular complexity index is 535. The molecule has 1 aliphatic carbocycles. The van der Waals surface area contributed by atoms with E-state index >= 15 is 0 Å². The fourth-order valence-electron chi connectivity index (χ4n) is 3.54. The smallest absolute Gasteiger partial charge is 0.0187 e. The zero-order chi connectivity index (χ0) is 13.3. The normalized spacial score (nSPS) is 15.1. The third-order valence-electron chi connectivity index (χ3n) is 4.61. The van der Waals surface area contributed by atoms with Gasteiger partial charge in [0.15, 0.2) is 0 Å². The molecule has 0 aromatic heterocycles. The van der Waals surface area contributed by atoms with Gasteiger partial charge in [0.2, 0.25) is 0 Å². The van der Waals surface area contributed by atoms with Crippen LogP contribution in [-0.4, -0.2) is 0 Å². The largest absolute Gasteiger partial charge is 0.0654 e. The summed E-state index contributed by atoms with van der Waals surface area (Å²) in [5.41, 5.74) is 6.14. The fraction of sp³-hybridized carbons (Fsp3) is 0.368. The van der Waals surface area contributed by atoms with Crippen LogP contribution in [0.3, 0.4) is 0 Å². The summed E-state index contributed by atoms with van der Waals surface area (Å²) in [7, 11) is 0. The molecule has 0 nitrogen and oxygen atoms in total. The van der Waals surface area contributed by atoms with Crippen LogP contribution in [0.25, 0.3) is 11.1 Å². The van der Waals surface area contributed by atoms with Crippen molar-refractivity contribution in [2.45, 2.75) is 44.9 Å². The van der Waals surface area contributed by atoms with E-state index in [0.717, 1.165) is 0 Å². The molecule has 0 amide bonds. The van der Waals surface area contributed by atoms with Crippen molar-refractivity contribution in [2.24, 2.45) is 0 Å². The molecular weight excluding hydrogens is 228 g/mol. The molecular formula is C19H22. The van der Waals surface area contributed by atoms with Crippen molar-refractivity contribution in [1.82, 2.24) is 0 Å². The summed E-state index contributed by atoms with van der Waals surface area (Å²) in [4.78, 5) is 0. The summed E-state index contributed by atoms with van der Waals surface area (Å²) in [6, 6.07) is 17.9. The third kappa shape index (κ3) is 1.90. The molecule has 3 rings (SSSR count). The summed E-state index contributed by atoms with van der Waals surface area (Å²) in [5, 5.41) is 0. The molecule has 0 spiro atoms. The van der Waals surface area contributed by atoms with Gasteiger partial charge in [-0.3, -0.25) is 0 Å². The zero-order valence-electron chi connectivity index (χ0n) is 11.9. The Morgan fingerprint density at radius 3 is 1.84 bits per heavy atom. The molecule has 1 aliphatic rings. The van der Waals surface area contributed by atoms with Crippen LogP contribution < -0.4 is 0 Å². The van der Waals surface area contributed by atoms with E-state index in [4.69, 9.17) is 0 Å². The Balaban J connectivity index is 2.09. The Kier molecular flexibility index (Phi) is 3.18. The zero-order valence-corrected chi connectivity index (χ0v) is 11.9. The molecule has 0 heteroatoms. The second-order valence-corrected chi connectivity index (χ2v) is 5.88. The third-order valence-corrected chi connectivity index (χ3v) is 4.61. The van der Waals surface area contributed by atoms with Crippen LogP contribution in [0.1, 0.15) is 50.7 Å². The van der Waals surface area contributed by atoms with Crippen molar-refractivity contribution >= 4 is 0 Å². The SMILES string of the molecule is CCCCCC1(C)c2ccccc2-c2ccccc21. The van der Waals surface area contributed by atoms with Gasteiger partial charge in [-0.05, 0) is 28.7 Å². The Morgan fingerprint density at radius 2 is 1.32 bits per heavy atom. The van der Waals surface area contributed by atoms with E-state index < -0.39 is 0 Å². The van der Waals surface area contributed by atoms with Crippen molar-refractivity contribution in [2.75, 3.05) is 0 Å². The molecule has 0 unspecified atom stereocenters. The number of hydrogen-bond acceptors (Lipinski definition) is 0. The minimum absolute atomic E-state index is 0.211. The number of unbranched alkanes of at least 4 members (excludes halogenated alkanes) is 2. The lowest BCUT2D eigenvalue weighted by atomic mass is 9.76. The van der Waals surface area contributed by atoms with Gasteiger partial charge in [-0.15, -0.1) is 0 Å². The maximum Gasteiger partial charge on any atom is 0.0187 e. The lowest BCUT2D eigenvalue weighted by molar-refractivity contribution is 0.493. The van der Waals surface area contributed by atoms with Crippen LogP contribution in [0.2, 0.25) is 0 Å². The molecule has 98 valence electrons. The molecule has 0 saturated heterocycles. The number of fused-ring (bicyclic) bond motifs is 3. The molecule has 2 aromatic rings. The summed E-state index contributed by atoms with van der Waals surface area (Å²) in [6.45, 7) is 4.70. The van der Waals surface area contributed by atoms with E-state index in [1.807, 2.05) is 0 Å². The number of rotatable bonds is 4. The van der Waals surface area contributed by atoms with Crippen LogP contribution >= 0.6 is 0 Å². The molecule has 19 heavy (non-hydrogen) atoms. The first-order valence-corrected chi connectivity index (χ1v) is 7.47. The van der Waals surface area contributed by atoms with E-state index in [0.29, 0.717) is 0 Å². The number of hydrogen-bond donors (Lipinski definition) is 0.